The number of likely N-dealkylation sites (N-methyl/N-ethyl adjacent to an activating group) is 1. The zero-order valence-corrected chi connectivity index (χ0v) is 22.3. The molecule has 1 saturated heterocycles. The van der Waals surface area contributed by atoms with E-state index in [1.165, 1.54) is 17.7 Å². The number of piperidine rings is 1. The molecule has 2 bridgehead atoms. The summed E-state index contributed by atoms with van der Waals surface area (Å²) in [6.45, 7) is 1.25. The second-order valence-corrected chi connectivity index (χ2v) is 11.5. The first-order valence-electron chi connectivity index (χ1n) is 13.9. The Morgan fingerprint density at radius 1 is 1.18 bits per heavy atom. The smallest absolute Gasteiger partial charge is 0.246 e. The van der Waals surface area contributed by atoms with Gasteiger partial charge >= 0.3 is 0 Å². The Hall–Kier alpha value is -3.88. The molecule has 2 N–H and O–H groups in total. The van der Waals surface area contributed by atoms with Crippen LogP contribution in [0.3, 0.4) is 0 Å². The third-order valence-electron chi connectivity index (χ3n) is 9.72. The van der Waals surface area contributed by atoms with Crippen molar-refractivity contribution >= 4 is 17.8 Å². The average molecular weight is 541 g/mol. The van der Waals surface area contributed by atoms with Gasteiger partial charge in [-0.1, -0.05) is 30.3 Å². The Morgan fingerprint density at radius 3 is 2.77 bits per heavy atom. The number of Topliss-reactive ketones (excluding diaryl/α,β-unsaturated/α-hetero) is 1. The number of rotatable bonds is 6. The summed E-state index contributed by atoms with van der Waals surface area (Å²) in [6, 6.07) is 14.0. The molecule has 206 valence electrons. The average Bonchev–Trinajstić information content (AvgIpc) is 3.60. The molecule has 0 unspecified atom stereocenters. The number of ketones is 1. The fraction of sp³-hybridized carbons (Fsp3) is 0.375. The number of furan rings is 1. The summed E-state index contributed by atoms with van der Waals surface area (Å²) in [6.07, 6.45) is 7.85. The lowest BCUT2D eigenvalue weighted by Gasteiger charge is -2.63. The molecule has 2 aliphatic heterocycles. The van der Waals surface area contributed by atoms with E-state index >= 15 is 0 Å². The van der Waals surface area contributed by atoms with Crippen molar-refractivity contribution in [2.45, 2.75) is 54.9 Å². The summed E-state index contributed by atoms with van der Waals surface area (Å²) in [5, 5.41) is 23.5. The summed E-state index contributed by atoms with van der Waals surface area (Å²) in [7, 11) is 1.75. The van der Waals surface area contributed by atoms with Crippen molar-refractivity contribution in [2.24, 2.45) is 0 Å². The molecule has 1 amide bonds. The monoisotopic (exact) mass is 540 g/mol. The Kier molecular flexibility index (Phi) is 5.70. The first kappa shape index (κ1) is 25.1. The number of ether oxygens (including phenoxy) is 1. The molecule has 8 nitrogen and oxygen atoms in total. The minimum atomic E-state index is -1.39. The van der Waals surface area contributed by atoms with Crippen LogP contribution in [0.15, 0.2) is 71.6 Å². The maximum atomic E-state index is 14.1. The van der Waals surface area contributed by atoms with Gasteiger partial charge in [0.15, 0.2) is 17.3 Å². The van der Waals surface area contributed by atoms with Crippen LogP contribution in [-0.2, 0) is 16.6 Å². The van der Waals surface area contributed by atoms with Crippen molar-refractivity contribution in [2.75, 3.05) is 20.1 Å². The maximum Gasteiger partial charge on any atom is 0.246 e. The third kappa shape index (κ3) is 3.39. The quantitative estimate of drug-likeness (QED) is 0.461. The van der Waals surface area contributed by atoms with Gasteiger partial charge in [-0.3, -0.25) is 14.5 Å². The minimum Gasteiger partial charge on any atom is -0.504 e. The molecule has 3 heterocycles. The lowest BCUT2D eigenvalue weighted by atomic mass is 9.48. The van der Waals surface area contributed by atoms with Gasteiger partial charge in [-0.05, 0) is 55.5 Å². The van der Waals surface area contributed by atoms with E-state index in [0.717, 1.165) is 12.0 Å². The van der Waals surface area contributed by atoms with Crippen LogP contribution < -0.4 is 4.74 Å². The number of phenols is 1. The van der Waals surface area contributed by atoms with Gasteiger partial charge in [0, 0.05) is 42.9 Å². The number of hydrogen-bond acceptors (Lipinski definition) is 7. The molecule has 5 atom stereocenters. The highest BCUT2D eigenvalue weighted by atomic mass is 16.5. The van der Waals surface area contributed by atoms with Crippen molar-refractivity contribution in [3.8, 4) is 11.5 Å². The molecular formula is C32H32N2O6. The fourth-order valence-electron chi connectivity index (χ4n) is 7.84. The lowest BCUT2D eigenvalue weighted by Crippen LogP contribution is -2.79. The predicted octanol–water partition coefficient (Wildman–Crippen LogP) is 3.56. The highest BCUT2D eigenvalue weighted by Crippen LogP contribution is 2.65. The van der Waals surface area contributed by atoms with Gasteiger partial charge in [0.25, 0.3) is 0 Å². The number of phenolic OH excluding ortho intramolecular Hbond substituents is 1. The third-order valence-corrected chi connectivity index (χ3v) is 9.72. The first-order chi connectivity index (χ1) is 19.3. The van der Waals surface area contributed by atoms with Gasteiger partial charge in [0.1, 0.15) is 17.7 Å². The molecule has 2 aromatic carbocycles. The molecule has 0 radical (unpaired) electrons. The van der Waals surface area contributed by atoms with Crippen LogP contribution in [-0.4, -0.2) is 75.6 Å². The second-order valence-electron chi connectivity index (χ2n) is 11.5. The van der Waals surface area contributed by atoms with Gasteiger partial charge < -0.3 is 24.3 Å². The van der Waals surface area contributed by atoms with E-state index < -0.39 is 23.2 Å². The van der Waals surface area contributed by atoms with Crippen molar-refractivity contribution in [3.63, 3.8) is 0 Å². The minimum absolute atomic E-state index is 0.0461. The molecule has 3 aromatic rings. The van der Waals surface area contributed by atoms with Gasteiger partial charge in [0.2, 0.25) is 5.91 Å². The van der Waals surface area contributed by atoms with Crippen LogP contribution in [0.25, 0.3) is 6.08 Å². The van der Waals surface area contributed by atoms with Crippen molar-refractivity contribution in [1.82, 2.24) is 9.80 Å². The van der Waals surface area contributed by atoms with Gasteiger partial charge in [-0.15, -0.1) is 0 Å². The number of benzene rings is 2. The van der Waals surface area contributed by atoms with Crippen molar-refractivity contribution in [3.05, 3.63) is 89.4 Å². The predicted molar refractivity (Wildman–Crippen MR) is 147 cm³/mol. The van der Waals surface area contributed by atoms with E-state index in [4.69, 9.17) is 9.15 Å². The summed E-state index contributed by atoms with van der Waals surface area (Å²) < 4.78 is 11.6. The number of amides is 1. The van der Waals surface area contributed by atoms with Crippen LogP contribution >= 0.6 is 0 Å². The van der Waals surface area contributed by atoms with Crippen LogP contribution in [0.2, 0.25) is 0 Å². The van der Waals surface area contributed by atoms with Gasteiger partial charge in [-0.2, -0.15) is 0 Å². The zero-order valence-electron chi connectivity index (χ0n) is 22.3. The molecule has 2 fully saturated rings. The first-order valence-corrected chi connectivity index (χ1v) is 13.9. The molecule has 7 rings (SSSR count). The van der Waals surface area contributed by atoms with Gasteiger partial charge in [-0.25, -0.2) is 0 Å². The van der Waals surface area contributed by atoms with E-state index in [9.17, 15) is 19.8 Å². The number of nitrogens with zero attached hydrogens (tertiary/aromatic N) is 2. The van der Waals surface area contributed by atoms with E-state index in [0.29, 0.717) is 43.5 Å². The molecule has 40 heavy (non-hydrogen) atoms. The number of likely N-dealkylation sites (tertiary alicyclic amines) is 1. The number of carbonyl (C=O) groups excluding carboxylic acids is 2. The summed E-state index contributed by atoms with van der Waals surface area (Å²) in [5.41, 5.74) is 0.786. The summed E-state index contributed by atoms with van der Waals surface area (Å²) >= 11 is 0. The number of hydrogen-bond donors (Lipinski definition) is 2. The van der Waals surface area contributed by atoms with Crippen LogP contribution in [0.4, 0.5) is 0 Å². The second kappa shape index (κ2) is 9.08. The molecule has 2 aliphatic carbocycles. The standard InChI is InChI=1S/C32H32N2O6/c1-33(25(36)10-7-21-13-18-39-19-21)23-11-14-32(38)29-27(37)22-8-9-24(35)28-26(22)31(32,30(23)40-28)15-17-34(29)16-12-20-5-3-2-4-6-20/h2-10,13,18-19,23,29-30,35,38H,11-12,14-17H2,1H3/b10-7+/t23-,29-,30+,31+,32-/m1/s1. The SMILES string of the molecule is CN(C(=O)/C=C/c1ccoc1)[C@@H]1CC[C@@]2(O)[C@H]3C(=O)c4ccc(O)c5c4[C@@]2(CCN3CCc2ccccc2)[C@H]1O5. The Balaban J connectivity index is 1.26. The van der Waals surface area contributed by atoms with Crippen LogP contribution in [0.5, 0.6) is 11.5 Å². The van der Waals surface area contributed by atoms with Crippen molar-refractivity contribution in [1.29, 1.82) is 0 Å². The lowest BCUT2D eigenvalue weighted by molar-refractivity contribution is -0.187. The topological polar surface area (TPSA) is 103 Å². The van der Waals surface area contributed by atoms with E-state index in [1.807, 2.05) is 18.2 Å². The molecule has 1 spiro atoms. The number of aromatic hydroxyl groups is 1. The van der Waals surface area contributed by atoms with Crippen LogP contribution in [0, 0.1) is 0 Å². The summed E-state index contributed by atoms with van der Waals surface area (Å²) in [4.78, 5) is 31.2. The Morgan fingerprint density at radius 2 is 2.00 bits per heavy atom. The highest BCUT2D eigenvalue weighted by Gasteiger charge is 2.75. The molecule has 1 saturated carbocycles. The van der Waals surface area contributed by atoms with E-state index in [2.05, 4.69) is 17.0 Å². The Bertz CT molecular complexity index is 1500. The van der Waals surface area contributed by atoms with Crippen molar-refractivity contribution < 1.29 is 29.0 Å². The molecule has 4 aliphatic rings. The largest absolute Gasteiger partial charge is 0.504 e. The zero-order chi connectivity index (χ0) is 27.6. The maximum absolute atomic E-state index is 14.1. The van der Waals surface area contributed by atoms with Crippen LogP contribution in [0.1, 0.15) is 46.3 Å². The van der Waals surface area contributed by atoms with E-state index in [1.54, 1.807) is 42.7 Å². The molecule has 1 aromatic heterocycles. The van der Waals surface area contributed by atoms with Gasteiger partial charge in [0.05, 0.1) is 24.0 Å². The summed E-state index contributed by atoms with van der Waals surface area (Å²) in [5.74, 6) is -0.0968. The normalized spacial score (nSPS) is 30.2. The number of aliphatic hydroxyl groups is 1. The molecular weight excluding hydrogens is 508 g/mol. The highest BCUT2D eigenvalue weighted by molar-refractivity contribution is 6.06. The van der Waals surface area contributed by atoms with E-state index in [-0.39, 0.29) is 29.2 Å². The fourth-order valence-corrected chi connectivity index (χ4v) is 7.84. The molecule has 8 heteroatoms. The Labute approximate surface area is 232 Å². The number of carbonyl (C=O) groups is 2.